The Morgan fingerprint density at radius 2 is 2.22 bits per heavy atom. The third-order valence-corrected chi connectivity index (χ3v) is 3.56. The van der Waals surface area contributed by atoms with Gasteiger partial charge in [-0.3, -0.25) is 0 Å². The van der Waals surface area contributed by atoms with E-state index in [1.807, 2.05) is 10.8 Å². The van der Waals surface area contributed by atoms with Gasteiger partial charge < -0.3 is 19.3 Å². The van der Waals surface area contributed by atoms with Crippen LogP contribution in [0.15, 0.2) is 18.3 Å². The lowest BCUT2D eigenvalue weighted by molar-refractivity contribution is 0.0676. The predicted molar refractivity (Wildman–Crippen MR) is 68.0 cm³/mol. The molecule has 0 radical (unpaired) electrons. The van der Waals surface area contributed by atoms with Crippen LogP contribution in [0.1, 0.15) is 29.4 Å². The maximum atomic E-state index is 11.1. The van der Waals surface area contributed by atoms with Crippen molar-refractivity contribution in [2.24, 2.45) is 0 Å². The molecule has 5 nitrogen and oxygen atoms in total. The normalized spacial score (nSPS) is 18.1. The van der Waals surface area contributed by atoms with E-state index in [1.165, 1.54) is 0 Å². The number of methoxy groups -OCH3 is 1. The summed E-state index contributed by atoms with van der Waals surface area (Å²) >= 11 is 0. The maximum Gasteiger partial charge on any atom is 0.352 e. The van der Waals surface area contributed by atoms with E-state index in [-0.39, 0.29) is 0 Å². The molecule has 1 saturated heterocycles. The summed E-state index contributed by atoms with van der Waals surface area (Å²) in [6.45, 7) is 3.73. The second-order valence-electron chi connectivity index (χ2n) is 4.67. The van der Waals surface area contributed by atoms with Gasteiger partial charge >= 0.3 is 5.97 Å². The highest BCUT2D eigenvalue weighted by molar-refractivity contribution is 5.85. The van der Waals surface area contributed by atoms with Gasteiger partial charge in [-0.15, -0.1) is 0 Å². The van der Waals surface area contributed by atoms with Crippen molar-refractivity contribution >= 4 is 5.97 Å². The lowest BCUT2D eigenvalue weighted by Crippen LogP contribution is -2.37. The van der Waals surface area contributed by atoms with Crippen LogP contribution in [-0.4, -0.2) is 53.9 Å². The van der Waals surface area contributed by atoms with Crippen molar-refractivity contribution < 1.29 is 14.6 Å². The largest absolute Gasteiger partial charge is 0.477 e. The van der Waals surface area contributed by atoms with Crippen molar-refractivity contribution in [3.63, 3.8) is 0 Å². The molecule has 100 valence electrons. The first-order chi connectivity index (χ1) is 8.72. The van der Waals surface area contributed by atoms with Crippen molar-refractivity contribution in [3.05, 3.63) is 24.0 Å². The van der Waals surface area contributed by atoms with Gasteiger partial charge in [0.1, 0.15) is 5.69 Å². The number of nitrogens with zero attached hydrogens (tertiary/aromatic N) is 2. The Kier molecular flexibility index (Phi) is 4.38. The van der Waals surface area contributed by atoms with Gasteiger partial charge in [-0.2, -0.15) is 0 Å². The first-order valence-corrected chi connectivity index (χ1v) is 6.34. The topological polar surface area (TPSA) is 54.7 Å². The van der Waals surface area contributed by atoms with Crippen molar-refractivity contribution in [2.45, 2.75) is 18.9 Å². The fourth-order valence-corrected chi connectivity index (χ4v) is 2.53. The fourth-order valence-electron chi connectivity index (χ4n) is 2.53. The second kappa shape index (κ2) is 6.02. The van der Waals surface area contributed by atoms with Crippen molar-refractivity contribution in [1.29, 1.82) is 0 Å². The SMILES string of the molecule is COCCN1CCC(n2cccc2C(=O)O)CC1. The van der Waals surface area contributed by atoms with Gasteiger partial charge in [0.05, 0.1) is 6.61 Å². The molecule has 0 amide bonds. The first kappa shape index (κ1) is 13.1. The average molecular weight is 252 g/mol. The number of piperidine rings is 1. The Balaban J connectivity index is 1.93. The highest BCUT2D eigenvalue weighted by Gasteiger charge is 2.22. The van der Waals surface area contributed by atoms with E-state index in [0.29, 0.717) is 11.7 Å². The zero-order valence-corrected chi connectivity index (χ0v) is 10.7. The van der Waals surface area contributed by atoms with Crippen LogP contribution in [0.2, 0.25) is 0 Å². The molecule has 0 aliphatic carbocycles. The number of carboxylic acid groups (broad SMARTS) is 1. The lowest BCUT2D eigenvalue weighted by Gasteiger charge is -2.33. The predicted octanol–water partition coefficient (Wildman–Crippen LogP) is 1.47. The molecule has 1 N–H and O–H groups in total. The number of hydrogen-bond donors (Lipinski definition) is 1. The number of rotatable bonds is 5. The smallest absolute Gasteiger partial charge is 0.352 e. The number of likely N-dealkylation sites (tertiary alicyclic amines) is 1. The lowest BCUT2D eigenvalue weighted by atomic mass is 10.0. The highest BCUT2D eigenvalue weighted by Crippen LogP contribution is 2.24. The van der Waals surface area contributed by atoms with Crippen molar-refractivity contribution in [2.75, 3.05) is 33.4 Å². The van der Waals surface area contributed by atoms with Gasteiger partial charge in [-0.1, -0.05) is 0 Å². The number of carboxylic acids is 1. The molecule has 5 heteroatoms. The molecule has 1 aliphatic rings. The minimum atomic E-state index is -0.846. The van der Waals surface area contributed by atoms with E-state index >= 15 is 0 Å². The molecule has 0 bridgehead atoms. The Morgan fingerprint density at radius 1 is 1.50 bits per heavy atom. The molecule has 0 unspecified atom stereocenters. The van der Waals surface area contributed by atoms with Crippen LogP contribution in [0.5, 0.6) is 0 Å². The van der Waals surface area contributed by atoms with Crippen LogP contribution in [0.4, 0.5) is 0 Å². The van der Waals surface area contributed by atoms with E-state index in [2.05, 4.69) is 4.90 Å². The van der Waals surface area contributed by atoms with Crippen molar-refractivity contribution in [1.82, 2.24) is 9.47 Å². The van der Waals surface area contributed by atoms with E-state index in [1.54, 1.807) is 19.2 Å². The minimum absolute atomic E-state index is 0.310. The number of aromatic carboxylic acids is 1. The van der Waals surface area contributed by atoms with Crippen LogP contribution in [0.3, 0.4) is 0 Å². The van der Waals surface area contributed by atoms with Crippen LogP contribution in [0, 0.1) is 0 Å². The van der Waals surface area contributed by atoms with Crippen molar-refractivity contribution in [3.8, 4) is 0 Å². The van der Waals surface area contributed by atoms with Gasteiger partial charge in [-0.25, -0.2) is 4.79 Å². The summed E-state index contributed by atoms with van der Waals surface area (Å²) in [7, 11) is 1.71. The van der Waals surface area contributed by atoms with Gasteiger partial charge in [-0.05, 0) is 25.0 Å². The summed E-state index contributed by atoms with van der Waals surface area (Å²) in [4.78, 5) is 13.4. The molecule has 0 atom stereocenters. The Labute approximate surface area is 107 Å². The van der Waals surface area contributed by atoms with E-state index < -0.39 is 5.97 Å². The molecule has 1 aliphatic heterocycles. The molecule has 1 aromatic heterocycles. The summed E-state index contributed by atoms with van der Waals surface area (Å²) in [5.41, 5.74) is 0.394. The standard InChI is InChI=1S/C13H20N2O3/c1-18-10-9-14-7-4-11(5-8-14)15-6-2-3-12(15)13(16)17/h2-3,6,11H,4-5,7-10H2,1H3,(H,16,17). The number of hydrogen-bond acceptors (Lipinski definition) is 3. The quantitative estimate of drug-likeness (QED) is 0.862. The molecule has 2 heterocycles. The van der Waals surface area contributed by atoms with E-state index in [4.69, 9.17) is 9.84 Å². The average Bonchev–Trinajstić information content (AvgIpc) is 2.86. The van der Waals surface area contributed by atoms with Gasteiger partial charge in [0.25, 0.3) is 0 Å². The van der Waals surface area contributed by atoms with Gasteiger partial charge in [0, 0.05) is 39.0 Å². The minimum Gasteiger partial charge on any atom is -0.477 e. The zero-order chi connectivity index (χ0) is 13.0. The maximum absolute atomic E-state index is 11.1. The van der Waals surface area contributed by atoms with Crippen LogP contribution < -0.4 is 0 Å². The number of ether oxygens (including phenoxy) is 1. The number of aromatic nitrogens is 1. The third-order valence-electron chi connectivity index (χ3n) is 3.56. The molecule has 0 spiro atoms. The molecule has 2 rings (SSSR count). The van der Waals surface area contributed by atoms with E-state index in [0.717, 1.165) is 39.1 Å². The summed E-state index contributed by atoms with van der Waals surface area (Å²) in [5, 5.41) is 9.11. The van der Waals surface area contributed by atoms with Gasteiger partial charge in [0.15, 0.2) is 0 Å². The molecule has 1 aromatic rings. The summed E-state index contributed by atoms with van der Waals surface area (Å²) in [5.74, 6) is -0.846. The van der Waals surface area contributed by atoms with Crippen LogP contribution >= 0.6 is 0 Å². The highest BCUT2D eigenvalue weighted by atomic mass is 16.5. The van der Waals surface area contributed by atoms with Gasteiger partial charge in [0.2, 0.25) is 0 Å². The molecule has 18 heavy (non-hydrogen) atoms. The molecular weight excluding hydrogens is 232 g/mol. The Morgan fingerprint density at radius 3 is 2.83 bits per heavy atom. The summed E-state index contributed by atoms with van der Waals surface area (Å²) in [6, 6.07) is 3.78. The molecule has 0 aromatic carbocycles. The molecule has 0 saturated carbocycles. The summed E-state index contributed by atoms with van der Waals surface area (Å²) < 4.78 is 6.97. The molecule has 1 fully saturated rings. The Bertz CT molecular complexity index is 395. The van der Waals surface area contributed by atoms with E-state index in [9.17, 15) is 4.79 Å². The fraction of sp³-hybridized carbons (Fsp3) is 0.615. The van der Waals surface area contributed by atoms with Crippen LogP contribution in [0.25, 0.3) is 0 Å². The Hall–Kier alpha value is -1.33. The van der Waals surface area contributed by atoms with Crippen LogP contribution in [-0.2, 0) is 4.74 Å². The monoisotopic (exact) mass is 252 g/mol. The summed E-state index contributed by atoms with van der Waals surface area (Å²) in [6.07, 6.45) is 3.87. The second-order valence-corrected chi connectivity index (χ2v) is 4.67. The zero-order valence-electron chi connectivity index (χ0n) is 10.7. The first-order valence-electron chi connectivity index (χ1n) is 6.34. The number of carbonyl (C=O) groups is 1. The third kappa shape index (κ3) is 2.91. The molecular formula is C13H20N2O3.